The topological polar surface area (TPSA) is 137 Å². The molecule has 182 valence electrons. The predicted molar refractivity (Wildman–Crippen MR) is 110 cm³/mol. The quantitative estimate of drug-likeness (QED) is 0.381. The van der Waals surface area contributed by atoms with Gasteiger partial charge in [0, 0.05) is 12.1 Å². The second kappa shape index (κ2) is 10.9. The summed E-state index contributed by atoms with van der Waals surface area (Å²) in [5, 5.41) is 24.7. The summed E-state index contributed by atoms with van der Waals surface area (Å²) in [5.74, 6) is -2.84. The number of nitrogens with zero attached hydrogens (tertiary/aromatic N) is 1. The number of rotatable bonds is 10. The molecule has 2 bridgehead atoms. The number of alkyl halides is 2. The van der Waals surface area contributed by atoms with Gasteiger partial charge < -0.3 is 30.3 Å². The molecule has 2 amide bonds. The summed E-state index contributed by atoms with van der Waals surface area (Å²) in [7, 11) is 0. The molecule has 2 saturated heterocycles. The maximum Gasteiger partial charge on any atom is 0.387 e. The Morgan fingerprint density at radius 1 is 1.15 bits per heavy atom. The lowest BCUT2D eigenvalue weighted by Gasteiger charge is -2.34. The first-order valence-electron chi connectivity index (χ1n) is 10.5. The van der Waals surface area contributed by atoms with Gasteiger partial charge in [-0.1, -0.05) is 12.1 Å². The number of hydrogen-bond donors (Lipinski definition) is 4. The van der Waals surface area contributed by atoms with Crippen LogP contribution in [-0.4, -0.2) is 83.4 Å². The van der Waals surface area contributed by atoms with Crippen LogP contribution in [0.4, 0.5) is 8.78 Å². The number of amides is 2. The molecule has 4 N–H and O–H groups in total. The highest BCUT2D eigenvalue weighted by molar-refractivity contribution is 5.90. The Balaban J connectivity index is 1.55. The number of aliphatic carboxylic acids is 1. The number of carbonyl (C=O) groups is 3. The summed E-state index contributed by atoms with van der Waals surface area (Å²) >= 11 is 0. The molecule has 0 spiro atoms. The van der Waals surface area contributed by atoms with Crippen LogP contribution in [-0.2, 0) is 19.1 Å². The highest BCUT2D eigenvalue weighted by Crippen LogP contribution is 2.28. The number of carboxylic acid groups (broad SMARTS) is 1. The van der Waals surface area contributed by atoms with E-state index in [0.717, 1.165) is 25.0 Å². The molecule has 33 heavy (non-hydrogen) atoms. The monoisotopic (exact) mass is 471 g/mol. The van der Waals surface area contributed by atoms with Crippen LogP contribution in [0.2, 0.25) is 0 Å². The van der Waals surface area contributed by atoms with Gasteiger partial charge in [0.05, 0.1) is 19.8 Å². The number of benzene rings is 1. The Labute approximate surface area is 188 Å². The number of carbonyl (C=O) groups excluding carboxylic acids is 2. The first kappa shape index (κ1) is 24.8. The number of aliphatic hydroxyl groups is 1. The van der Waals surface area contributed by atoms with Gasteiger partial charge in [0.25, 0.3) is 0 Å². The average Bonchev–Trinajstić information content (AvgIpc) is 2.96. The summed E-state index contributed by atoms with van der Waals surface area (Å²) in [6.07, 6.45) is 0.224. The summed E-state index contributed by atoms with van der Waals surface area (Å²) in [6, 6.07) is 2.28. The van der Waals surface area contributed by atoms with Crippen LogP contribution in [0.3, 0.4) is 0 Å². The van der Waals surface area contributed by atoms with E-state index >= 15 is 0 Å². The van der Waals surface area contributed by atoms with E-state index in [-0.39, 0.29) is 35.8 Å². The smallest absolute Gasteiger partial charge is 0.387 e. The largest absolute Gasteiger partial charge is 0.480 e. The van der Waals surface area contributed by atoms with Crippen molar-refractivity contribution in [2.24, 2.45) is 0 Å². The highest BCUT2D eigenvalue weighted by Gasteiger charge is 2.38. The van der Waals surface area contributed by atoms with Crippen LogP contribution < -0.4 is 15.4 Å². The number of carboxylic acids is 1. The standard InChI is InChI=1S/C21H27F2N3O7/c1-11(24-16(27)8-26-13-4-5-14(26)10-32-9-13)19(29)25-17(20(30)31)18(28)12-2-6-15(7-3-12)33-21(22)23/h2-3,6-7,11,13-14,17-18,21,28H,4-5,8-10H2,1H3,(H,24,27)(H,25,29)(H,30,31)/t11-,13?,14?,17-,18+/m0/s1. The van der Waals surface area contributed by atoms with Crippen molar-refractivity contribution in [1.29, 1.82) is 0 Å². The lowest BCUT2D eigenvalue weighted by atomic mass is 10.0. The van der Waals surface area contributed by atoms with E-state index in [9.17, 15) is 33.4 Å². The van der Waals surface area contributed by atoms with Gasteiger partial charge >= 0.3 is 12.6 Å². The molecule has 5 atom stereocenters. The summed E-state index contributed by atoms with van der Waals surface area (Å²) in [5.41, 5.74) is 0.0730. The van der Waals surface area contributed by atoms with Crippen molar-refractivity contribution in [3.63, 3.8) is 0 Å². The fraction of sp³-hybridized carbons (Fsp3) is 0.571. The fourth-order valence-electron chi connectivity index (χ4n) is 4.08. The molecule has 12 heteroatoms. The first-order valence-corrected chi connectivity index (χ1v) is 10.5. The second-order valence-electron chi connectivity index (χ2n) is 8.10. The molecule has 2 aliphatic rings. The Bertz CT molecular complexity index is 839. The van der Waals surface area contributed by atoms with Gasteiger partial charge in [-0.15, -0.1) is 0 Å². The Kier molecular flexibility index (Phi) is 8.16. The molecule has 0 radical (unpaired) electrons. The zero-order valence-electron chi connectivity index (χ0n) is 17.9. The molecule has 3 rings (SSSR count). The van der Waals surface area contributed by atoms with E-state index in [1.54, 1.807) is 0 Å². The molecular formula is C21H27F2N3O7. The lowest BCUT2D eigenvalue weighted by molar-refractivity contribution is -0.145. The number of aliphatic hydroxyl groups excluding tert-OH is 1. The van der Waals surface area contributed by atoms with Gasteiger partial charge in [0.15, 0.2) is 6.04 Å². The summed E-state index contributed by atoms with van der Waals surface area (Å²) < 4.78 is 34.2. The molecule has 1 aromatic carbocycles. The number of ether oxygens (including phenoxy) is 2. The summed E-state index contributed by atoms with van der Waals surface area (Å²) in [4.78, 5) is 38.6. The van der Waals surface area contributed by atoms with E-state index in [4.69, 9.17) is 4.74 Å². The van der Waals surface area contributed by atoms with Crippen LogP contribution in [0.5, 0.6) is 5.75 Å². The highest BCUT2D eigenvalue weighted by atomic mass is 19.3. The Morgan fingerprint density at radius 3 is 2.30 bits per heavy atom. The van der Waals surface area contributed by atoms with Crippen molar-refractivity contribution in [3.05, 3.63) is 29.8 Å². The van der Waals surface area contributed by atoms with Crippen LogP contribution in [0.1, 0.15) is 31.4 Å². The van der Waals surface area contributed by atoms with E-state index in [0.29, 0.717) is 13.2 Å². The van der Waals surface area contributed by atoms with Gasteiger partial charge in [0.1, 0.15) is 17.9 Å². The van der Waals surface area contributed by atoms with Crippen molar-refractivity contribution in [2.75, 3.05) is 19.8 Å². The second-order valence-corrected chi connectivity index (χ2v) is 8.10. The Hall–Kier alpha value is -2.83. The molecule has 2 unspecified atom stereocenters. The van der Waals surface area contributed by atoms with Crippen LogP contribution in [0.15, 0.2) is 24.3 Å². The summed E-state index contributed by atoms with van der Waals surface area (Å²) in [6.45, 7) is -0.389. The van der Waals surface area contributed by atoms with Crippen molar-refractivity contribution in [2.45, 2.75) is 56.6 Å². The van der Waals surface area contributed by atoms with Crippen molar-refractivity contribution in [3.8, 4) is 5.75 Å². The van der Waals surface area contributed by atoms with Gasteiger partial charge in [-0.2, -0.15) is 8.78 Å². The molecule has 2 heterocycles. The number of morpholine rings is 1. The molecule has 0 aliphatic carbocycles. The van der Waals surface area contributed by atoms with E-state index in [2.05, 4.69) is 20.3 Å². The molecule has 2 aliphatic heterocycles. The zero-order valence-corrected chi connectivity index (χ0v) is 17.9. The molecule has 2 fully saturated rings. The van der Waals surface area contributed by atoms with E-state index in [1.165, 1.54) is 19.1 Å². The van der Waals surface area contributed by atoms with Gasteiger partial charge in [-0.25, -0.2) is 4.79 Å². The van der Waals surface area contributed by atoms with Gasteiger partial charge in [0.2, 0.25) is 11.8 Å². The molecule has 1 aromatic rings. The third kappa shape index (κ3) is 6.36. The number of fused-ring (bicyclic) bond motifs is 2. The number of hydrogen-bond acceptors (Lipinski definition) is 7. The Morgan fingerprint density at radius 2 is 1.76 bits per heavy atom. The third-order valence-corrected chi connectivity index (χ3v) is 5.81. The van der Waals surface area contributed by atoms with Crippen LogP contribution in [0.25, 0.3) is 0 Å². The van der Waals surface area contributed by atoms with Crippen molar-refractivity contribution < 1.29 is 42.9 Å². The number of nitrogens with one attached hydrogen (secondary N) is 2. The minimum absolute atomic E-state index is 0.0730. The normalized spacial score (nSPS) is 22.9. The fourth-order valence-corrected chi connectivity index (χ4v) is 4.08. The van der Waals surface area contributed by atoms with Crippen LogP contribution in [0, 0.1) is 0 Å². The van der Waals surface area contributed by atoms with E-state index in [1.807, 2.05) is 0 Å². The SMILES string of the molecule is C[C@H](NC(=O)CN1C2CCC1COC2)C(=O)N[C@H](C(=O)O)[C@H](O)c1ccc(OC(F)F)cc1. The lowest BCUT2D eigenvalue weighted by Crippen LogP contribution is -2.55. The zero-order chi connectivity index (χ0) is 24.1. The van der Waals surface area contributed by atoms with Crippen molar-refractivity contribution in [1.82, 2.24) is 15.5 Å². The minimum Gasteiger partial charge on any atom is -0.480 e. The molecular weight excluding hydrogens is 444 g/mol. The van der Waals surface area contributed by atoms with Crippen molar-refractivity contribution >= 4 is 17.8 Å². The minimum atomic E-state index is -3.03. The molecule has 0 saturated carbocycles. The maximum absolute atomic E-state index is 12.5. The first-order chi connectivity index (χ1) is 15.7. The van der Waals surface area contributed by atoms with Crippen LogP contribution >= 0.6 is 0 Å². The van der Waals surface area contributed by atoms with Gasteiger partial charge in [-0.3, -0.25) is 14.5 Å². The number of halogens is 2. The molecule has 10 nitrogen and oxygen atoms in total. The predicted octanol–water partition coefficient (Wildman–Crippen LogP) is 0.259. The third-order valence-electron chi connectivity index (χ3n) is 5.81. The van der Waals surface area contributed by atoms with Gasteiger partial charge in [-0.05, 0) is 37.5 Å². The maximum atomic E-state index is 12.5. The van der Waals surface area contributed by atoms with E-state index < -0.39 is 36.7 Å². The molecule has 0 aromatic heterocycles. The average molecular weight is 471 g/mol.